The Balaban J connectivity index is 1.87. The van der Waals surface area contributed by atoms with E-state index in [1.165, 1.54) is 12.1 Å². The summed E-state index contributed by atoms with van der Waals surface area (Å²) in [6, 6.07) is 10.6. The minimum Gasteiger partial charge on any atom is -0.385 e. The number of carbonyl (C=O) groups is 1. The third-order valence-corrected chi connectivity index (χ3v) is 3.38. The van der Waals surface area contributed by atoms with Gasteiger partial charge in [-0.05, 0) is 55.3 Å². The predicted octanol–water partition coefficient (Wildman–Crippen LogP) is 4.76. The molecule has 0 atom stereocenters. The second-order valence-electron chi connectivity index (χ2n) is 5.68. The van der Waals surface area contributed by atoms with Crippen LogP contribution in [-0.4, -0.2) is 12.5 Å². The molecular weight excluding hydrogens is 317 g/mol. The fourth-order valence-corrected chi connectivity index (χ4v) is 2.39. The van der Waals surface area contributed by atoms with Gasteiger partial charge in [0.25, 0.3) is 0 Å². The number of hydrogen-bond donors (Lipinski definition) is 2. The second-order valence-corrected chi connectivity index (χ2v) is 5.68. The molecule has 0 fully saturated rings. The van der Waals surface area contributed by atoms with Crippen molar-refractivity contribution in [2.24, 2.45) is 0 Å². The van der Waals surface area contributed by atoms with Crippen molar-refractivity contribution in [3.05, 3.63) is 59.2 Å². The number of halogens is 3. The van der Waals surface area contributed by atoms with Gasteiger partial charge in [-0.15, -0.1) is 0 Å². The lowest BCUT2D eigenvalue weighted by molar-refractivity contribution is -0.137. The van der Waals surface area contributed by atoms with E-state index < -0.39 is 11.7 Å². The van der Waals surface area contributed by atoms with Crippen molar-refractivity contribution >= 4 is 17.3 Å². The number of amides is 1. The quantitative estimate of drug-likeness (QED) is 0.826. The van der Waals surface area contributed by atoms with Crippen LogP contribution in [0.5, 0.6) is 0 Å². The maximum atomic E-state index is 12.6. The van der Waals surface area contributed by atoms with Crippen molar-refractivity contribution in [2.45, 2.75) is 26.4 Å². The van der Waals surface area contributed by atoms with Crippen molar-refractivity contribution in [1.29, 1.82) is 0 Å². The van der Waals surface area contributed by atoms with E-state index in [0.717, 1.165) is 28.9 Å². The Kier molecular flexibility index (Phi) is 5.49. The number of anilines is 2. The first kappa shape index (κ1) is 17.8. The summed E-state index contributed by atoms with van der Waals surface area (Å²) in [6.45, 7) is 4.37. The molecule has 0 unspecified atom stereocenters. The fraction of sp³-hybridized carbons (Fsp3) is 0.278. The summed E-state index contributed by atoms with van der Waals surface area (Å²) in [5, 5.41) is 5.62. The van der Waals surface area contributed by atoms with E-state index in [1.54, 1.807) is 0 Å². The molecular formula is C18H19F3N2O. The Bertz CT molecular complexity index is 706. The zero-order valence-electron chi connectivity index (χ0n) is 13.5. The van der Waals surface area contributed by atoms with Crippen LogP contribution in [0.4, 0.5) is 24.5 Å². The first-order valence-corrected chi connectivity index (χ1v) is 7.53. The van der Waals surface area contributed by atoms with E-state index in [9.17, 15) is 18.0 Å². The van der Waals surface area contributed by atoms with E-state index in [0.29, 0.717) is 6.54 Å². The highest BCUT2D eigenvalue weighted by atomic mass is 19.4. The standard InChI is InChI=1S/C18H19F3N2O/c1-12-8-13(2)10-16(9-12)22-7-6-17(24)23-15-5-3-4-14(11-15)18(19,20)21/h3-5,8-11,22H,6-7H2,1-2H3,(H,23,24). The first-order chi connectivity index (χ1) is 11.2. The molecule has 3 nitrogen and oxygen atoms in total. The minimum absolute atomic E-state index is 0.140. The van der Waals surface area contributed by atoms with Gasteiger partial charge in [0.2, 0.25) is 5.91 Å². The molecule has 128 valence electrons. The molecule has 0 saturated carbocycles. The van der Waals surface area contributed by atoms with Crippen LogP contribution in [0.25, 0.3) is 0 Å². The molecule has 2 N–H and O–H groups in total. The lowest BCUT2D eigenvalue weighted by atomic mass is 10.1. The average Bonchev–Trinajstić information content (AvgIpc) is 2.45. The molecule has 2 aromatic rings. The summed E-state index contributed by atoms with van der Waals surface area (Å²) in [6.07, 6.45) is -4.27. The van der Waals surface area contributed by atoms with Gasteiger partial charge in [-0.2, -0.15) is 13.2 Å². The molecule has 0 heterocycles. The molecule has 0 radical (unpaired) electrons. The first-order valence-electron chi connectivity index (χ1n) is 7.53. The Morgan fingerprint density at radius 1 is 1.00 bits per heavy atom. The van der Waals surface area contributed by atoms with E-state index in [4.69, 9.17) is 0 Å². The summed E-state index contributed by atoms with van der Waals surface area (Å²) in [4.78, 5) is 11.9. The molecule has 0 aliphatic heterocycles. The highest BCUT2D eigenvalue weighted by Crippen LogP contribution is 2.30. The van der Waals surface area contributed by atoms with Gasteiger partial charge in [0.15, 0.2) is 0 Å². The van der Waals surface area contributed by atoms with E-state index in [1.807, 2.05) is 32.0 Å². The van der Waals surface area contributed by atoms with Crippen LogP contribution in [0.3, 0.4) is 0 Å². The molecule has 1 amide bonds. The number of alkyl halides is 3. The number of hydrogen-bond acceptors (Lipinski definition) is 2. The Hall–Kier alpha value is -2.50. The van der Waals surface area contributed by atoms with Crippen molar-refractivity contribution in [3.63, 3.8) is 0 Å². The Morgan fingerprint density at radius 3 is 2.29 bits per heavy atom. The number of rotatable bonds is 5. The molecule has 0 aromatic heterocycles. The smallest absolute Gasteiger partial charge is 0.385 e. The monoisotopic (exact) mass is 336 g/mol. The predicted molar refractivity (Wildman–Crippen MR) is 89.1 cm³/mol. The molecule has 0 bridgehead atoms. The van der Waals surface area contributed by atoms with Crippen molar-refractivity contribution in [3.8, 4) is 0 Å². The van der Waals surface area contributed by atoms with Gasteiger partial charge < -0.3 is 10.6 Å². The van der Waals surface area contributed by atoms with Gasteiger partial charge in [-0.1, -0.05) is 12.1 Å². The van der Waals surface area contributed by atoms with Gasteiger partial charge in [0.05, 0.1) is 5.56 Å². The summed E-state index contributed by atoms with van der Waals surface area (Å²) in [5.74, 6) is -0.341. The van der Waals surface area contributed by atoms with Crippen molar-refractivity contribution in [2.75, 3.05) is 17.2 Å². The normalized spacial score (nSPS) is 11.2. The molecule has 0 saturated heterocycles. The molecule has 24 heavy (non-hydrogen) atoms. The Labute approximate surface area is 138 Å². The zero-order valence-corrected chi connectivity index (χ0v) is 13.5. The van der Waals surface area contributed by atoms with Crippen LogP contribution < -0.4 is 10.6 Å². The maximum Gasteiger partial charge on any atom is 0.416 e. The molecule has 2 aromatic carbocycles. The highest BCUT2D eigenvalue weighted by molar-refractivity contribution is 5.91. The Morgan fingerprint density at radius 2 is 1.67 bits per heavy atom. The van der Waals surface area contributed by atoms with Gasteiger partial charge >= 0.3 is 6.18 Å². The van der Waals surface area contributed by atoms with Crippen LogP contribution in [0.15, 0.2) is 42.5 Å². The largest absolute Gasteiger partial charge is 0.416 e. The number of nitrogens with one attached hydrogen (secondary N) is 2. The summed E-state index contributed by atoms with van der Waals surface area (Å²) >= 11 is 0. The third-order valence-electron chi connectivity index (χ3n) is 3.38. The third kappa shape index (κ3) is 5.30. The van der Waals surface area contributed by atoms with E-state index in [2.05, 4.69) is 10.6 Å². The van der Waals surface area contributed by atoms with E-state index >= 15 is 0 Å². The molecule has 0 aliphatic rings. The zero-order chi connectivity index (χ0) is 17.7. The molecule has 2 rings (SSSR count). The van der Waals surface area contributed by atoms with Gasteiger partial charge in [-0.25, -0.2) is 0 Å². The lowest BCUT2D eigenvalue weighted by Crippen LogP contribution is -2.17. The van der Waals surface area contributed by atoms with Gasteiger partial charge in [-0.3, -0.25) is 4.79 Å². The number of carbonyl (C=O) groups excluding carboxylic acids is 1. The van der Waals surface area contributed by atoms with Crippen LogP contribution in [-0.2, 0) is 11.0 Å². The SMILES string of the molecule is Cc1cc(C)cc(NCCC(=O)Nc2cccc(C(F)(F)F)c2)c1. The van der Waals surface area contributed by atoms with Crippen LogP contribution >= 0.6 is 0 Å². The van der Waals surface area contributed by atoms with Crippen LogP contribution in [0.2, 0.25) is 0 Å². The fourth-order valence-electron chi connectivity index (χ4n) is 2.39. The summed E-state index contributed by atoms with van der Waals surface area (Å²) < 4.78 is 37.9. The average molecular weight is 336 g/mol. The van der Waals surface area contributed by atoms with Crippen LogP contribution in [0, 0.1) is 13.8 Å². The van der Waals surface area contributed by atoms with E-state index in [-0.39, 0.29) is 18.0 Å². The highest BCUT2D eigenvalue weighted by Gasteiger charge is 2.30. The molecule has 0 aliphatic carbocycles. The van der Waals surface area contributed by atoms with Crippen molar-refractivity contribution < 1.29 is 18.0 Å². The molecule has 6 heteroatoms. The maximum absolute atomic E-state index is 12.6. The van der Waals surface area contributed by atoms with Gasteiger partial charge in [0.1, 0.15) is 0 Å². The topological polar surface area (TPSA) is 41.1 Å². The second kappa shape index (κ2) is 7.38. The van der Waals surface area contributed by atoms with Gasteiger partial charge in [0, 0.05) is 24.3 Å². The number of benzene rings is 2. The van der Waals surface area contributed by atoms with Crippen LogP contribution in [0.1, 0.15) is 23.1 Å². The van der Waals surface area contributed by atoms with Crippen molar-refractivity contribution in [1.82, 2.24) is 0 Å². The summed E-state index contributed by atoms with van der Waals surface area (Å²) in [7, 11) is 0. The minimum atomic E-state index is -4.43. The number of aryl methyl sites for hydroxylation is 2. The lowest BCUT2D eigenvalue weighted by Gasteiger charge is -2.11. The molecule has 0 spiro atoms. The summed E-state index contributed by atoms with van der Waals surface area (Å²) in [5.41, 5.74) is 2.51.